The standard InChI is InChI=1S/C17H15F6N5O2/c1-26-13-12(14(29)27(2)15(26)30)28(8-25-13)4-3-24-11-6-9(16(18,19)20)5-10(7-11)17(21,22)23/h5-8,24H,3-4H2,1-2H3. The van der Waals surface area contributed by atoms with Crippen molar-refractivity contribution >= 4 is 16.9 Å². The lowest BCUT2D eigenvalue weighted by Crippen LogP contribution is -2.37. The molecular weight excluding hydrogens is 420 g/mol. The first-order valence-corrected chi connectivity index (χ1v) is 8.45. The molecule has 13 heteroatoms. The first kappa shape index (κ1) is 21.5. The van der Waals surface area contributed by atoms with Gasteiger partial charge in [-0.1, -0.05) is 0 Å². The van der Waals surface area contributed by atoms with Gasteiger partial charge in [-0.25, -0.2) is 9.78 Å². The molecule has 162 valence electrons. The molecule has 0 amide bonds. The van der Waals surface area contributed by atoms with Gasteiger partial charge in [0, 0.05) is 32.9 Å². The molecule has 0 atom stereocenters. The molecule has 3 rings (SSSR count). The molecule has 1 aromatic carbocycles. The highest BCUT2D eigenvalue weighted by atomic mass is 19.4. The normalized spacial score (nSPS) is 12.5. The van der Waals surface area contributed by atoms with Crippen molar-refractivity contribution in [3.63, 3.8) is 0 Å². The lowest BCUT2D eigenvalue weighted by atomic mass is 10.1. The fraction of sp³-hybridized carbons (Fsp3) is 0.353. The molecule has 0 aliphatic heterocycles. The molecule has 3 aromatic rings. The van der Waals surface area contributed by atoms with Crippen LogP contribution in [0.25, 0.3) is 11.2 Å². The number of aromatic nitrogens is 4. The number of halogens is 6. The van der Waals surface area contributed by atoms with Gasteiger partial charge in [-0.05, 0) is 18.2 Å². The van der Waals surface area contributed by atoms with Crippen LogP contribution in [0, 0.1) is 0 Å². The van der Waals surface area contributed by atoms with Crippen LogP contribution in [-0.2, 0) is 33.0 Å². The summed E-state index contributed by atoms with van der Waals surface area (Å²) in [5, 5.41) is 2.51. The fourth-order valence-electron chi connectivity index (χ4n) is 2.94. The number of nitrogens with one attached hydrogen (secondary N) is 1. The summed E-state index contributed by atoms with van der Waals surface area (Å²) in [5.41, 5.74) is -4.25. The molecule has 0 bridgehead atoms. The summed E-state index contributed by atoms with van der Waals surface area (Å²) < 4.78 is 81.0. The summed E-state index contributed by atoms with van der Waals surface area (Å²) >= 11 is 0. The van der Waals surface area contributed by atoms with E-state index < -0.39 is 34.7 Å². The number of anilines is 1. The van der Waals surface area contributed by atoms with Gasteiger partial charge in [-0.3, -0.25) is 13.9 Å². The lowest BCUT2D eigenvalue weighted by molar-refractivity contribution is -0.143. The Kier molecular flexibility index (Phi) is 5.16. The quantitative estimate of drug-likeness (QED) is 0.640. The molecule has 0 spiro atoms. The Hall–Kier alpha value is -3.25. The Balaban J connectivity index is 1.89. The predicted octanol–water partition coefficient (Wildman–Crippen LogP) is 2.58. The van der Waals surface area contributed by atoms with Gasteiger partial charge < -0.3 is 9.88 Å². The summed E-state index contributed by atoms with van der Waals surface area (Å²) in [6.07, 6.45) is -8.63. The van der Waals surface area contributed by atoms with Crippen molar-refractivity contribution in [1.82, 2.24) is 18.7 Å². The zero-order chi connectivity index (χ0) is 22.4. The van der Waals surface area contributed by atoms with Crippen molar-refractivity contribution in [3.05, 3.63) is 56.5 Å². The van der Waals surface area contributed by atoms with Crippen LogP contribution in [0.4, 0.5) is 32.0 Å². The SMILES string of the molecule is Cn1c(=O)c2c(ncn2CCNc2cc(C(F)(F)F)cc(C(F)(F)F)c2)n(C)c1=O. The van der Waals surface area contributed by atoms with Crippen LogP contribution in [0.2, 0.25) is 0 Å². The fourth-order valence-corrected chi connectivity index (χ4v) is 2.94. The summed E-state index contributed by atoms with van der Waals surface area (Å²) in [4.78, 5) is 28.2. The number of imidazole rings is 1. The third kappa shape index (κ3) is 3.91. The Morgan fingerprint density at radius 1 is 0.933 bits per heavy atom. The lowest BCUT2D eigenvalue weighted by Gasteiger charge is -2.15. The van der Waals surface area contributed by atoms with Crippen LogP contribution < -0.4 is 16.6 Å². The van der Waals surface area contributed by atoms with Gasteiger partial charge in [0.15, 0.2) is 11.2 Å². The van der Waals surface area contributed by atoms with E-state index in [1.807, 2.05) is 0 Å². The number of hydrogen-bond acceptors (Lipinski definition) is 4. The first-order chi connectivity index (χ1) is 13.8. The molecule has 0 aliphatic carbocycles. The van der Waals surface area contributed by atoms with Crippen molar-refractivity contribution in [2.24, 2.45) is 14.1 Å². The summed E-state index contributed by atoms with van der Waals surface area (Å²) in [5.74, 6) is 0. The van der Waals surface area contributed by atoms with Crippen LogP contribution >= 0.6 is 0 Å². The van der Waals surface area contributed by atoms with Gasteiger partial charge in [0.2, 0.25) is 0 Å². The van der Waals surface area contributed by atoms with E-state index in [0.717, 1.165) is 9.13 Å². The number of aryl methyl sites for hydroxylation is 1. The van der Waals surface area contributed by atoms with E-state index >= 15 is 0 Å². The van der Waals surface area contributed by atoms with Crippen LogP contribution in [0.1, 0.15) is 11.1 Å². The average Bonchev–Trinajstić information content (AvgIpc) is 3.07. The molecule has 1 N–H and O–H groups in total. The largest absolute Gasteiger partial charge is 0.416 e. The van der Waals surface area contributed by atoms with E-state index in [1.165, 1.54) is 25.0 Å². The molecule has 7 nitrogen and oxygen atoms in total. The summed E-state index contributed by atoms with van der Waals surface area (Å²) in [6, 6.07) is 1.19. The zero-order valence-corrected chi connectivity index (χ0v) is 15.6. The Morgan fingerprint density at radius 3 is 2.03 bits per heavy atom. The molecule has 30 heavy (non-hydrogen) atoms. The number of fused-ring (bicyclic) bond motifs is 1. The average molecular weight is 435 g/mol. The van der Waals surface area contributed by atoms with E-state index in [4.69, 9.17) is 0 Å². The maximum atomic E-state index is 12.9. The number of benzene rings is 1. The third-order valence-electron chi connectivity index (χ3n) is 4.49. The van der Waals surface area contributed by atoms with Crippen molar-refractivity contribution in [2.45, 2.75) is 18.9 Å². The van der Waals surface area contributed by atoms with Gasteiger partial charge >= 0.3 is 18.0 Å². The van der Waals surface area contributed by atoms with E-state index in [2.05, 4.69) is 10.3 Å². The van der Waals surface area contributed by atoms with Crippen molar-refractivity contribution in [1.29, 1.82) is 0 Å². The highest BCUT2D eigenvalue weighted by molar-refractivity contribution is 5.69. The van der Waals surface area contributed by atoms with Gasteiger partial charge in [0.25, 0.3) is 5.56 Å². The molecular formula is C17H15F6N5O2. The predicted molar refractivity (Wildman–Crippen MR) is 95.2 cm³/mol. The molecule has 0 unspecified atom stereocenters. The third-order valence-corrected chi connectivity index (χ3v) is 4.49. The molecule has 0 saturated carbocycles. The number of rotatable bonds is 4. The molecule has 0 radical (unpaired) electrons. The minimum Gasteiger partial charge on any atom is -0.383 e. The topological polar surface area (TPSA) is 73.8 Å². The molecule has 2 aromatic heterocycles. The number of hydrogen-bond donors (Lipinski definition) is 1. The second-order valence-electron chi connectivity index (χ2n) is 6.54. The Labute approximate surface area is 164 Å². The van der Waals surface area contributed by atoms with Gasteiger partial charge in [0.05, 0.1) is 17.5 Å². The van der Waals surface area contributed by atoms with Crippen LogP contribution in [0.3, 0.4) is 0 Å². The molecule has 0 aliphatic rings. The zero-order valence-electron chi connectivity index (χ0n) is 15.6. The molecule has 2 heterocycles. The van der Waals surface area contributed by atoms with E-state index in [1.54, 1.807) is 0 Å². The van der Waals surface area contributed by atoms with Gasteiger partial charge in [-0.15, -0.1) is 0 Å². The molecule has 0 fully saturated rings. The summed E-state index contributed by atoms with van der Waals surface area (Å²) in [6.45, 7) is -0.0996. The highest BCUT2D eigenvalue weighted by Crippen LogP contribution is 2.37. The van der Waals surface area contributed by atoms with Crippen molar-refractivity contribution in [3.8, 4) is 0 Å². The Bertz CT molecular complexity index is 1190. The van der Waals surface area contributed by atoms with Gasteiger partial charge in [0.1, 0.15) is 0 Å². The maximum absolute atomic E-state index is 12.9. The number of alkyl halides is 6. The van der Waals surface area contributed by atoms with Crippen molar-refractivity contribution in [2.75, 3.05) is 11.9 Å². The summed E-state index contributed by atoms with van der Waals surface area (Å²) in [7, 11) is 2.70. The van der Waals surface area contributed by atoms with E-state index in [-0.39, 0.29) is 36.0 Å². The van der Waals surface area contributed by atoms with Crippen LogP contribution in [0.15, 0.2) is 34.1 Å². The van der Waals surface area contributed by atoms with E-state index in [9.17, 15) is 35.9 Å². The molecule has 0 saturated heterocycles. The highest BCUT2D eigenvalue weighted by Gasteiger charge is 2.36. The van der Waals surface area contributed by atoms with Crippen LogP contribution in [0.5, 0.6) is 0 Å². The van der Waals surface area contributed by atoms with Crippen molar-refractivity contribution < 1.29 is 26.3 Å². The monoisotopic (exact) mass is 435 g/mol. The second-order valence-corrected chi connectivity index (χ2v) is 6.54. The van der Waals surface area contributed by atoms with Crippen LogP contribution in [-0.4, -0.2) is 25.2 Å². The second kappa shape index (κ2) is 7.22. The smallest absolute Gasteiger partial charge is 0.383 e. The first-order valence-electron chi connectivity index (χ1n) is 8.45. The van der Waals surface area contributed by atoms with Gasteiger partial charge in [-0.2, -0.15) is 26.3 Å². The minimum absolute atomic E-state index is 0.00153. The minimum atomic E-state index is -4.95. The number of nitrogens with zero attached hydrogens (tertiary/aromatic N) is 4. The Morgan fingerprint density at radius 2 is 1.50 bits per heavy atom. The maximum Gasteiger partial charge on any atom is 0.416 e. The van der Waals surface area contributed by atoms with E-state index in [0.29, 0.717) is 12.1 Å².